The summed E-state index contributed by atoms with van der Waals surface area (Å²) >= 11 is 0. The van der Waals surface area contributed by atoms with E-state index in [1.165, 1.54) is 31.6 Å². The molecular weight excluding hydrogens is 458 g/mol. The van der Waals surface area contributed by atoms with Gasteiger partial charge in [-0.05, 0) is 92.3 Å². The lowest BCUT2D eigenvalue weighted by molar-refractivity contribution is 0.267. The third-order valence-electron chi connectivity index (χ3n) is 8.33. The molecule has 0 amide bonds. The lowest BCUT2D eigenvalue weighted by Gasteiger charge is -2.36. The topological polar surface area (TPSA) is 0 Å². The Kier molecular flexibility index (Phi) is 7.13. The smallest absolute Gasteiger partial charge is 0.0195 e. The molecule has 4 aromatic rings. The van der Waals surface area contributed by atoms with Crippen LogP contribution in [0.25, 0.3) is 0 Å². The molecule has 2 aliphatic carbocycles. The van der Waals surface area contributed by atoms with Gasteiger partial charge in [0.25, 0.3) is 0 Å². The second kappa shape index (κ2) is 10.8. The summed E-state index contributed by atoms with van der Waals surface area (Å²) in [5.41, 5.74) is 0. The molecule has 0 nitrogen and oxygen atoms in total. The van der Waals surface area contributed by atoms with E-state index in [-0.39, 0.29) is 15.8 Å². The highest BCUT2D eigenvalue weighted by molar-refractivity contribution is 7.73. The van der Waals surface area contributed by atoms with Crippen molar-refractivity contribution in [3.05, 3.63) is 121 Å². The van der Waals surface area contributed by atoms with Crippen molar-refractivity contribution in [1.82, 2.24) is 0 Å². The van der Waals surface area contributed by atoms with Gasteiger partial charge in [-0.2, -0.15) is 0 Å². The fourth-order valence-electron chi connectivity index (χ4n) is 6.67. The molecule has 2 aliphatic rings. The van der Waals surface area contributed by atoms with Crippen LogP contribution in [-0.4, -0.2) is 12.3 Å². The van der Waals surface area contributed by atoms with E-state index < -0.39 is 0 Å². The standard InChI is InChI=1S/C33H34P2/c1-5-13-28(14-6-1)34(29-15-7-2-8-16-29)24-32-26-21-22-27(23-26)33(32)25-35(30-17-9-3-10-18-30)31-19-11-4-12-20-31/h1-20,26-27,32-33H,21-25H2/t26-,27-,32?,33?/m0/s1. The van der Waals surface area contributed by atoms with Crippen molar-refractivity contribution in [3.63, 3.8) is 0 Å². The molecule has 2 bridgehead atoms. The SMILES string of the molecule is c1ccc(P(CC2C(CP(c3ccccc3)c3ccccc3)[C@H]3CC[C@H]2C3)c2ccccc2)cc1. The summed E-state index contributed by atoms with van der Waals surface area (Å²) in [6.45, 7) is 0. The zero-order chi connectivity index (χ0) is 23.5. The fourth-order valence-corrected chi connectivity index (χ4v) is 12.2. The zero-order valence-corrected chi connectivity index (χ0v) is 22.1. The van der Waals surface area contributed by atoms with Gasteiger partial charge in [0.05, 0.1) is 0 Å². The molecule has 6 rings (SSSR count). The van der Waals surface area contributed by atoms with Crippen LogP contribution in [0.3, 0.4) is 0 Å². The van der Waals surface area contributed by atoms with Crippen molar-refractivity contribution in [1.29, 1.82) is 0 Å². The van der Waals surface area contributed by atoms with Gasteiger partial charge in [-0.25, -0.2) is 0 Å². The minimum atomic E-state index is -0.327. The second-order valence-electron chi connectivity index (χ2n) is 10.2. The minimum absolute atomic E-state index is 0.327. The summed E-state index contributed by atoms with van der Waals surface area (Å²) in [5, 5.41) is 6.18. The summed E-state index contributed by atoms with van der Waals surface area (Å²) < 4.78 is 0. The van der Waals surface area contributed by atoms with Crippen molar-refractivity contribution >= 4 is 37.1 Å². The van der Waals surface area contributed by atoms with Gasteiger partial charge in [0, 0.05) is 0 Å². The summed E-state index contributed by atoms with van der Waals surface area (Å²) in [6, 6.07) is 45.5. The molecule has 4 aromatic carbocycles. The van der Waals surface area contributed by atoms with Crippen molar-refractivity contribution in [2.24, 2.45) is 23.7 Å². The number of fused-ring (bicyclic) bond motifs is 2. The quantitative estimate of drug-likeness (QED) is 0.234. The van der Waals surface area contributed by atoms with Crippen LogP contribution in [0.4, 0.5) is 0 Å². The number of benzene rings is 4. The van der Waals surface area contributed by atoms with Gasteiger partial charge in [-0.15, -0.1) is 0 Å². The van der Waals surface area contributed by atoms with Crippen LogP contribution >= 0.6 is 15.8 Å². The Morgan fingerprint density at radius 3 is 1.00 bits per heavy atom. The van der Waals surface area contributed by atoms with E-state index >= 15 is 0 Å². The summed E-state index contributed by atoms with van der Waals surface area (Å²) in [6.07, 6.45) is 7.07. The molecule has 0 heterocycles. The predicted molar refractivity (Wildman–Crippen MR) is 156 cm³/mol. The molecule has 0 aromatic heterocycles. The van der Waals surface area contributed by atoms with Crippen LogP contribution < -0.4 is 21.2 Å². The molecule has 4 atom stereocenters. The van der Waals surface area contributed by atoms with Crippen LogP contribution in [-0.2, 0) is 0 Å². The van der Waals surface area contributed by atoms with E-state index in [1.807, 2.05) is 0 Å². The Hall–Kier alpha value is -2.26. The third-order valence-corrected chi connectivity index (χ3v) is 13.6. The third kappa shape index (κ3) is 5.03. The lowest BCUT2D eigenvalue weighted by atomic mass is 9.81. The van der Waals surface area contributed by atoms with E-state index in [2.05, 4.69) is 121 Å². The Bertz CT molecular complexity index is 1020. The molecule has 0 saturated heterocycles. The molecule has 176 valence electrons. The monoisotopic (exact) mass is 492 g/mol. The van der Waals surface area contributed by atoms with Gasteiger partial charge in [-0.1, -0.05) is 121 Å². The van der Waals surface area contributed by atoms with E-state index in [4.69, 9.17) is 0 Å². The highest BCUT2D eigenvalue weighted by Gasteiger charge is 2.48. The van der Waals surface area contributed by atoms with Crippen LogP contribution in [0.15, 0.2) is 121 Å². The van der Waals surface area contributed by atoms with Gasteiger partial charge >= 0.3 is 0 Å². The summed E-state index contributed by atoms with van der Waals surface area (Å²) in [5.74, 6) is 3.53. The van der Waals surface area contributed by atoms with E-state index in [0.29, 0.717) is 0 Å². The van der Waals surface area contributed by atoms with Gasteiger partial charge in [0.15, 0.2) is 0 Å². The molecule has 0 radical (unpaired) electrons. The van der Waals surface area contributed by atoms with Crippen LogP contribution in [0, 0.1) is 23.7 Å². The van der Waals surface area contributed by atoms with Gasteiger partial charge < -0.3 is 0 Å². The lowest BCUT2D eigenvalue weighted by Crippen LogP contribution is -2.32. The molecule has 2 fully saturated rings. The first kappa shape index (κ1) is 23.2. The molecule has 2 unspecified atom stereocenters. The highest BCUT2D eigenvalue weighted by atomic mass is 31.1. The maximum absolute atomic E-state index is 2.38. The normalized spacial score (nSPS) is 23.3. The highest BCUT2D eigenvalue weighted by Crippen LogP contribution is 2.58. The minimum Gasteiger partial charge on any atom is -0.0622 e. The Morgan fingerprint density at radius 2 is 0.714 bits per heavy atom. The molecule has 0 aliphatic heterocycles. The first-order valence-electron chi connectivity index (χ1n) is 13.1. The fraction of sp³-hybridized carbons (Fsp3) is 0.273. The summed E-state index contributed by atoms with van der Waals surface area (Å²) in [7, 11) is -0.653. The maximum Gasteiger partial charge on any atom is -0.0195 e. The van der Waals surface area contributed by atoms with E-state index in [1.54, 1.807) is 21.2 Å². The largest absolute Gasteiger partial charge is 0.0622 e. The number of hydrogen-bond acceptors (Lipinski definition) is 0. The summed E-state index contributed by atoms with van der Waals surface area (Å²) in [4.78, 5) is 0. The zero-order valence-electron chi connectivity index (χ0n) is 20.3. The second-order valence-corrected chi connectivity index (χ2v) is 14.7. The molecule has 0 N–H and O–H groups in total. The van der Waals surface area contributed by atoms with Crippen molar-refractivity contribution in [3.8, 4) is 0 Å². The van der Waals surface area contributed by atoms with E-state index in [0.717, 1.165) is 23.7 Å². The van der Waals surface area contributed by atoms with Crippen LogP contribution in [0.2, 0.25) is 0 Å². The Labute approximate surface area is 213 Å². The first-order chi connectivity index (χ1) is 17.4. The van der Waals surface area contributed by atoms with Gasteiger partial charge in [0.1, 0.15) is 0 Å². The predicted octanol–water partition coefficient (Wildman–Crippen LogP) is 6.91. The van der Waals surface area contributed by atoms with E-state index in [9.17, 15) is 0 Å². The molecule has 2 saturated carbocycles. The first-order valence-corrected chi connectivity index (χ1v) is 16.2. The van der Waals surface area contributed by atoms with Crippen molar-refractivity contribution in [2.75, 3.05) is 12.3 Å². The molecule has 0 spiro atoms. The van der Waals surface area contributed by atoms with Crippen LogP contribution in [0.5, 0.6) is 0 Å². The van der Waals surface area contributed by atoms with Crippen LogP contribution in [0.1, 0.15) is 19.3 Å². The molecular formula is C33H34P2. The Balaban J connectivity index is 1.33. The van der Waals surface area contributed by atoms with Crippen molar-refractivity contribution in [2.45, 2.75) is 19.3 Å². The van der Waals surface area contributed by atoms with Gasteiger partial charge in [0.2, 0.25) is 0 Å². The average molecular weight is 493 g/mol. The maximum atomic E-state index is 2.38. The molecule has 2 heteroatoms. The van der Waals surface area contributed by atoms with Gasteiger partial charge in [-0.3, -0.25) is 0 Å². The van der Waals surface area contributed by atoms with Crippen molar-refractivity contribution < 1.29 is 0 Å². The average Bonchev–Trinajstić information content (AvgIpc) is 3.54. The Morgan fingerprint density at radius 1 is 0.429 bits per heavy atom. The number of rotatable bonds is 8. The number of hydrogen-bond donors (Lipinski definition) is 0. The molecule has 35 heavy (non-hydrogen) atoms.